The molecule has 0 amide bonds. The van der Waals surface area contributed by atoms with E-state index in [0.717, 1.165) is 18.1 Å². The summed E-state index contributed by atoms with van der Waals surface area (Å²) < 4.78 is 0. The lowest BCUT2D eigenvalue weighted by molar-refractivity contribution is 0.858. The summed E-state index contributed by atoms with van der Waals surface area (Å²) in [5, 5.41) is 2.07. The van der Waals surface area contributed by atoms with E-state index in [-0.39, 0.29) is 0 Å². The highest BCUT2D eigenvalue weighted by Gasteiger charge is 2.25. The van der Waals surface area contributed by atoms with Gasteiger partial charge in [-0.3, -0.25) is 0 Å². The Morgan fingerprint density at radius 3 is 2.94 bits per heavy atom. The van der Waals surface area contributed by atoms with Gasteiger partial charge in [-0.1, -0.05) is 0 Å². The summed E-state index contributed by atoms with van der Waals surface area (Å²) in [6, 6.07) is 2.10. The van der Waals surface area contributed by atoms with E-state index in [0.29, 0.717) is 5.92 Å². The summed E-state index contributed by atoms with van der Waals surface area (Å²) in [5.74, 6) is 1.65. The van der Waals surface area contributed by atoms with Gasteiger partial charge < -0.3 is 4.90 Å². The number of nitrogens with zero attached hydrogens (tertiary/aromatic N) is 4. The molecule has 1 fully saturated rings. The fourth-order valence-electron chi connectivity index (χ4n) is 1.81. The van der Waals surface area contributed by atoms with Crippen LogP contribution in [0.5, 0.6) is 0 Å². The predicted molar refractivity (Wildman–Crippen MR) is 68.2 cm³/mol. The van der Waals surface area contributed by atoms with Gasteiger partial charge in [0.1, 0.15) is 12.1 Å². The van der Waals surface area contributed by atoms with Gasteiger partial charge in [0.25, 0.3) is 0 Å². The molecular formula is C12H14N4S. The van der Waals surface area contributed by atoms with Crippen molar-refractivity contribution in [3.8, 4) is 0 Å². The minimum atomic E-state index is 0.671. The van der Waals surface area contributed by atoms with Crippen LogP contribution in [-0.2, 0) is 6.54 Å². The highest BCUT2D eigenvalue weighted by Crippen LogP contribution is 2.39. The summed E-state index contributed by atoms with van der Waals surface area (Å²) in [7, 11) is 2.04. The van der Waals surface area contributed by atoms with Gasteiger partial charge in [0, 0.05) is 30.1 Å². The van der Waals surface area contributed by atoms with Gasteiger partial charge in [-0.05, 0) is 12.8 Å². The summed E-state index contributed by atoms with van der Waals surface area (Å²) in [6.45, 7) is 0.796. The van der Waals surface area contributed by atoms with Gasteiger partial charge in [-0.2, -0.15) is 0 Å². The molecule has 2 aromatic rings. The quantitative estimate of drug-likeness (QED) is 0.831. The van der Waals surface area contributed by atoms with Crippen LogP contribution in [0.3, 0.4) is 0 Å². The Morgan fingerprint density at radius 1 is 1.35 bits per heavy atom. The molecular weight excluding hydrogens is 232 g/mol. The lowest BCUT2D eigenvalue weighted by Crippen LogP contribution is -2.18. The molecule has 0 spiro atoms. The van der Waals surface area contributed by atoms with E-state index in [2.05, 4.69) is 31.3 Å². The standard InChI is InChI=1S/C12H14N4S/c1-16(5-10-6-17-8-15-10)12-4-11(9-2-3-9)13-7-14-12/h4,6-9H,2-3,5H2,1H3. The van der Waals surface area contributed by atoms with Crippen LogP contribution in [0.1, 0.15) is 30.1 Å². The maximum atomic E-state index is 4.33. The van der Waals surface area contributed by atoms with Crippen LogP contribution in [0.15, 0.2) is 23.3 Å². The number of aromatic nitrogens is 3. The first-order chi connectivity index (χ1) is 8.33. The minimum absolute atomic E-state index is 0.671. The van der Waals surface area contributed by atoms with Crippen LogP contribution < -0.4 is 4.90 Å². The van der Waals surface area contributed by atoms with Crippen molar-refractivity contribution in [1.29, 1.82) is 0 Å². The molecule has 2 aromatic heterocycles. The number of thiazole rings is 1. The Morgan fingerprint density at radius 2 is 2.24 bits per heavy atom. The molecule has 1 saturated carbocycles. The Hall–Kier alpha value is -1.49. The van der Waals surface area contributed by atoms with Crippen molar-refractivity contribution >= 4 is 17.2 Å². The Kier molecular flexibility index (Phi) is 2.76. The molecule has 0 unspecified atom stereocenters. The molecule has 1 aliphatic carbocycles. The minimum Gasteiger partial charge on any atom is -0.354 e. The van der Waals surface area contributed by atoms with Gasteiger partial charge in [-0.15, -0.1) is 11.3 Å². The summed E-state index contributed by atoms with van der Waals surface area (Å²) in [5.41, 5.74) is 4.13. The smallest absolute Gasteiger partial charge is 0.132 e. The van der Waals surface area contributed by atoms with E-state index in [1.807, 2.05) is 12.6 Å². The van der Waals surface area contributed by atoms with E-state index < -0.39 is 0 Å². The monoisotopic (exact) mass is 246 g/mol. The Bertz CT molecular complexity index is 493. The number of hydrogen-bond acceptors (Lipinski definition) is 5. The Balaban J connectivity index is 1.76. The first kappa shape index (κ1) is 10.7. The lowest BCUT2D eigenvalue weighted by Gasteiger charge is -2.17. The summed E-state index contributed by atoms with van der Waals surface area (Å²) in [4.78, 5) is 15.0. The van der Waals surface area contributed by atoms with Crippen LogP contribution in [0.25, 0.3) is 0 Å². The van der Waals surface area contributed by atoms with Crippen molar-refractivity contribution in [1.82, 2.24) is 15.0 Å². The highest BCUT2D eigenvalue weighted by atomic mass is 32.1. The normalized spacial score (nSPS) is 14.9. The average molecular weight is 246 g/mol. The van der Waals surface area contributed by atoms with E-state index in [9.17, 15) is 0 Å². The van der Waals surface area contributed by atoms with Crippen LogP contribution in [0.4, 0.5) is 5.82 Å². The predicted octanol–water partition coefficient (Wildman–Crippen LogP) is 2.45. The van der Waals surface area contributed by atoms with Crippen molar-refractivity contribution in [3.05, 3.63) is 34.7 Å². The van der Waals surface area contributed by atoms with E-state index >= 15 is 0 Å². The van der Waals surface area contributed by atoms with Gasteiger partial charge in [0.2, 0.25) is 0 Å². The van der Waals surface area contributed by atoms with E-state index in [1.165, 1.54) is 18.5 Å². The molecule has 17 heavy (non-hydrogen) atoms. The third kappa shape index (κ3) is 2.44. The van der Waals surface area contributed by atoms with Gasteiger partial charge in [-0.25, -0.2) is 15.0 Å². The molecule has 0 bridgehead atoms. The third-order valence-corrected chi connectivity index (χ3v) is 3.58. The van der Waals surface area contributed by atoms with Crippen molar-refractivity contribution in [2.75, 3.05) is 11.9 Å². The second kappa shape index (κ2) is 4.41. The van der Waals surface area contributed by atoms with Crippen molar-refractivity contribution in [2.24, 2.45) is 0 Å². The second-order valence-electron chi connectivity index (χ2n) is 4.41. The zero-order valence-corrected chi connectivity index (χ0v) is 10.5. The molecule has 88 valence electrons. The zero-order valence-electron chi connectivity index (χ0n) is 9.71. The van der Waals surface area contributed by atoms with Crippen LogP contribution in [0, 0.1) is 0 Å². The first-order valence-electron chi connectivity index (χ1n) is 5.73. The van der Waals surface area contributed by atoms with Crippen molar-refractivity contribution in [3.63, 3.8) is 0 Å². The molecule has 0 atom stereocenters. The number of rotatable bonds is 4. The molecule has 4 nitrogen and oxygen atoms in total. The average Bonchev–Trinajstić information content (AvgIpc) is 3.09. The lowest BCUT2D eigenvalue weighted by atomic mass is 10.2. The molecule has 1 aliphatic rings. The van der Waals surface area contributed by atoms with E-state index in [4.69, 9.17) is 0 Å². The molecule has 5 heteroatoms. The molecule has 0 N–H and O–H groups in total. The number of hydrogen-bond donors (Lipinski definition) is 0. The molecule has 0 aliphatic heterocycles. The van der Waals surface area contributed by atoms with Gasteiger partial charge in [0.15, 0.2) is 0 Å². The van der Waals surface area contributed by atoms with Gasteiger partial charge in [0.05, 0.1) is 17.7 Å². The van der Waals surface area contributed by atoms with E-state index in [1.54, 1.807) is 17.7 Å². The Labute approximate surface area is 104 Å². The third-order valence-electron chi connectivity index (χ3n) is 2.94. The molecule has 0 saturated heterocycles. The maximum absolute atomic E-state index is 4.33. The number of anilines is 1. The fraction of sp³-hybridized carbons (Fsp3) is 0.417. The molecule has 3 rings (SSSR count). The highest BCUT2D eigenvalue weighted by molar-refractivity contribution is 7.07. The zero-order chi connectivity index (χ0) is 11.7. The fourth-order valence-corrected chi connectivity index (χ4v) is 2.36. The SMILES string of the molecule is CN(Cc1cscn1)c1cc(C2CC2)ncn1. The van der Waals surface area contributed by atoms with Gasteiger partial charge >= 0.3 is 0 Å². The van der Waals surface area contributed by atoms with Crippen LogP contribution >= 0.6 is 11.3 Å². The molecule has 0 aromatic carbocycles. The molecule has 0 radical (unpaired) electrons. The topological polar surface area (TPSA) is 41.9 Å². The summed E-state index contributed by atoms with van der Waals surface area (Å²) >= 11 is 1.62. The molecule has 2 heterocycles. The summed E-state index contributed by atoms with van der Waals surface area (Å²) in [6.07, 6.45) is 4.21. The van der Waals surface area contributed by atoms with Crippen molar-refractivity contribution in [2.45, 2.75) is 25.3 Å². The van der Waals surface area contributed by atoms with Crippen molar-refractivity contribution < 1.29 is 0 Å². The first-order valence-corrected chi connectivity index (χ1v) is 6.67. The largest absolute Gasteiger partial charge is 0.354 e. The second-order valence-corrected chi connectivity index (χ2v) is 5.13. The van der Waals surface area contributed by atoms with Crippen LogP contribution in [-0.4, -0.2) is 22.0 Å². The maximum Gasteiger partial charge on any atom is 0.132 e. The van der Waals surface area contributed by atoms with Crippen LogP contribution in [0.2, 0.25) is 0 Å².